The predicted octanol–water partition coefficient (Wildman–Crippen LogP) is 2.26. The summed E-state index contributed by atoms with van der Waals surface area (Å²) in [6, 6.07) is 9.70. The zero-order chi connectivity index (χ0) is 23.3. The van der Waals surface area contributed by atoms with E-state index in [4.69, 9.17) is 0 Å². The van der Waals surface area contributed by atoms with Crippen molar-refractivity contribution >= 4 is 23.4 Å². The van der Waals surface area contributed by atoms with Gasteiger partial charge in [-0.2, -0.15) is 0 Å². The molecule has 2 aliphatic heterocycles. The lowest BCUT2D eigenvalue weighted by atomic mass is 9.91. The fraction of sp³-hybridized carbons (Fsp3) is 0.182. The Bertz CT molecular complexity index is 1280. The molecule has 1 saturated heterocycles. The summed E-state index contributed by atoms with van der Waals surface area (Å²) in [6.45, 7) is 1.78. The van der Waals surface area contributed by atoms with Gasteiger partial charge in [0.25, 0.3) is 5.91 Å². The Balaban J connectivity index is 1.52. The van der Waals surface area contributed by atoms with Crippen molar-refractivity contribution in [2.45, 2.75) is 25.2 Å². The number of nitrogens with one attached hydrogen (secondary N) is 4. The van der Waals surface area contributed by atoms with Gasteiger partial charge in [-0.25, -0.2) is 23.5 Å². The second kappa shape index (κ2) is 7.48. The van der Waals surface area contributed by atoms with E-state index in [-0.39, 0.29) is 29.3 Å². The monoisotopic (exact) mass is 452 g/mol. The molecule has 0 spiro atoms. The first-order valence-corrected chi connectivity index (χ1v) is 10.0. The number of urea groups is 1. The Kier molecular flexibility index (Phi) is 4.71. The Morgan fingerprint density at radius 3 is 2.39 bits per heavy atom. The minimum atomic E-state index is -1.11. The first-order valence-electron chi connectivity index (χ1n) is 10.0. The van der Waals surface area contributed by atoms with Crippen LogP contribution >= 0.6 is 0 Å². The summed E-state index contributed by atoms with van der Waals surface area (Å²) in [4.78, 5) is 32.4. The quantitative estimate of drug-likeness (QED) is 0.413. The van der Waals surface area contributed by atoms with E-state index in [1.807, 2.05) is 0 Å². The number of rotatable bonds is 4. The number of aromatic nitrogens is 2. The molecule has 0 bridgehead atoms. The molecule has 11 heteroatoms. The smallest absolute Gasteiger partial charge is 0.317 e. The molecule has 1 fully saturated rings. The molecule has 0 radical (unpaired) electrons. The lowest BCUT2D eigenvalue weighted by Crippen LogP contribution is -2.43. The number of halogens is 2. The number of nitrogens with zero attached hydrogens (tertiary/aromatic N) is 2. The van der Waals surface area contributed by atoms with Crippen molar-refractivity contribution in [2.24, 2.45) is 0 Å². The van der Waals surface area contributed by atoms with Gasteiger partial charge in [0.15, 0.2) is 12.1 Å². The molecule has 1 aromatic heterocycles. The van der Waals surface area contributed by atoms with E-state index in [1.165, 1.54) is 6.07 Å². The number of benzene rings is 2. The summed E-state index contributed by atoms with van der Waals surface area (Å²) in [5.41, 5.74) is 0.260. The van der Waals surface area contributed by atoms with Crippen LogP contribution in [0.25, 0.3) is 11.4 Å². The highest BCUT2D eigenvalue weighted by molar-refractivity contribution is 6.03. The van der Waals surface area contributed by atoms with Gasteiger partial charge in [-0.05, 0) is 36.8 Å². The highest BCUT2D eigenvalue weighted by Gasteiger charge is 2.43. The topological polar surface area (TPSA) is 128 Å². The zero-order valence-corrected chi connectivity index (χ0v) is 17.2. The maximum Gasteiger partial charge on any atom is 0.317 e. The van der Waals surface area contributed by atoms with E-state index >= 15 is 0 Å². The molecule has 2 unspecified atom stereocenters. The number of hydrogen-bond acceptors (Lipinski definition) is 6. The second-order valence-electron chi connectivity index (χ2n) is 7.90. The molecular weight excluding hydrogens is 434 g/mol. The molecule has 0 saturated carbocycles. The average molecular weight is 452 g/mol. The number of anilines is 2. The summed E-state index contributed by atoms with van der Waals surface area (Å²) >= 11 is 0. The molecule has 3 aromatic rings. The van der Waals surface area contributed by atoms with Crippen LogP contribution in [0.5, 0.6) is 0 Å². The Labute approximate surface area is 186 Å². The third-order valence-electron chi connectivity index (χ3n) is 5.75. The van der Waals surface area contributed by atoms with Crippen LogP contribution in [0.1, 0.15) is 28.5 Å². The fourth-order valence-electron chi connectivity index (χ4n) is 3.92. The molecule has 2 atom stereocenters. The summed E-state index contributed by atoms with van der Waals surface area (Å²) in [5.74, 6) is -2.12. The molecular formula is C22H18F2N6O3. The normalized spacial score (nSPS) is 21.3. The highest BCUT2D eigenvalue weighted by Crippen LogP contribution is 2.32. The summed E-state index contributed by atoms with van der Waals surface area (Å²) < 4.78 is 28.7. The SMILES string of the molecule is CC1(c2ccc(Nc3nc(-c4c(F)cccc4F)nc4c3C(=O)NC4)cc2)NC(=O)NC1O. The van der Waals surface area contributed by atoms with E-state index in [2.05, 4.69) is 31.2 Å². The fourth-order valence-corrected chi connectivity index (χ4v) is 3.92. The van der Waals surface area contributed by atoms with Crippen LogP contribution < -0.4 is 21.3 Å². The number of fused-ring (bicyclic) bond motifs is 1. The van der Waals surface area contributed by atoms with E-state index < -0.39 is 35.3 Å². The van der Waals surface area contributed by atoms with Crippen molar-refractivity contribution in [3.05, 3.63) is 70.9 Å². The Hall–Kier alpha value is -4.12. The lowest BCUT2D eigenvalue weighted by molar-refractivity contribution is 0.0902. The molecule has 2 aromatic carbocycles. The van der Waals surface area contributed by atoms with Gasteiger partial charge in [0.1, 0.15) is 28.6 Å². The molecule has 0 aliphatic carbocycles. The van der Waals surface area contributed by atoms with Crippen molar-refractivity contribution < 1.29 is 23.5 Å². The van der Waals surface area contributed by atoms with Crippen LogP contribution in [0.15, 0.2) is 42.5 Å². The van der Waals surface area contributed by atoms with Gasteiger partial charge >= 0.3 is 6.03 Å². The van der Waals surface area contributed by atoms with E-state index in [9.17, 15) is 23.5 Å². The molecule has 3 amide bonds. The summed E-state index contributed by atoms with van der Waals surface area (Å²) in [7, 11) is 0. The van der Waals surface area contributed by atoms with E-state index in [0.29, 0.717) is 16.9 Å². The van der Waals surface area contributed by atoms with Gasteiger partial charge in [-0.1, -0.05) is 18.2 Å². The molecule has 33 heavy (non-hydrogen) atoms. The van der Waals surface area contributed by atoms with E-state index in [1.54, 1.807) is 31.2 Å². The number of amides is 3. The van der Waals surface area contributed by atoms with Gasteiger partial charge in [0.05, 0.1) is 17.8 Å². The molecule has 3 heterocycles. The molecule has 9 nitrogen and oxygen atoms in total. The maximum atomic E-state index is 14.3. The number of hydrogen-bond donors (Lipinski definition) is 5. The van der Waals surface area contributed by atoms with Crippen LogP contribution in [-0.4, -0.2) is 33.2 Å². The Morgan fingerprint density at radius 1 is 1.06 bits per heavy atom. The number of carbonyl (C=O) groups is 2. The van der Waals surface area contributed by atoms with Gasteiger partial charge in [-0.15, -0.1) is 0 Å². The van der Waals surface area contributed by atoms with Crippen molar-refractivity contribution in [2.75, 3.05) is 5.32 Å². The van der Waals surface area contributed by atoms with Crippen LogP contribution in [0, 0.1) is 11.6 Å². The van der Waals surface area contributed by atoms with Crippen LogP contribution in [0.2, 0.25) is 0 Å². The third kappa shape index (κ3) is 3.42. The molecule has 2 aliphatic rings. The minimum absolute atomic E-state index is 0.0995. The second-order valence-corrected chi connectivity index (χ2v) is 7.90. The number of aliphatic hydroxyl groups is 1. The maximum absolute atomic E-state index is 14.3. The average Bonchev–Trinajstić information content (AvgIpc) is 3.27. The molecule has 5 N–H and O–H groups in total. The van der Waals surface area contributed by atoms with Crippen molar-refractivity contribution in [1.82, 2.24) is 25.9 Å². The Morgan fingerprint density at radius 2 is 1.76 bits per heavy atom. The first-order chi connectivity index (χ1) is 15.8. The van der Waals surface area contributed by atoms with Crippen molar-refractivity contribution in [3.63, 3.8) is 0 Å². The standard InChI is InChI=1S/C22H18F2N6O3/c1-22(20(32)29-21(33)30-22)10-5-7-11(8-6-10)26-18-16-14(9-25-19(16)31)27-17(28-18)15-12(23)3-2-4-13(15)24/h2-8,20,32H,9H2,1H3,(H,25,31)(H,26,27,28)(H2,29,30,33). The van der Waals surface area contributed by atoms with Gasteiger partial charge in [0.2, 0.25) is 0 Å². The van der Waals surface area contributed by atoms with Gasteiger partial charge < -0.3 is 26.4 Å². The van der Waals surface area contributed by atoms with Crippen LogP contribution in [0.3, 0.4) is 0 Å². The summed E-state index contributed by atoms with van der Waals surface area (Å²) in [6.07, 6.45) is -1.11. The first kappa shape index (κ1) is 20.8. The highest BCUT2D eigenvalue weighted by atomic mass is 19.1. The summed E-state index contributed by atoms with van der Waals surface area (Å²) in [5, 5.41) is 20.9. The van der Waals surface area contributed by atoms with Gasteiger partial charge in [0, 0.05) is 5.69 Å². The minimum Gasteiger partial charge on any atom is -0.371 e. The number of carbonyl (C=O) groups excluding carboxylic acids is 2. The van der Waals surface area contributed by atoms with E-state index in [0.717, 1.165) is 12.1 Å². The largest absolute Gasteiger partial charge is 0.371 e. The predicted molar refractivity (Wildman–Crippen MR) is 113 cm³/mol. The third-order valence-corrected chi connectivity index (χ3v) is 5.75. The van der Waals surface area contributed by atoms with Gasteiger partial charge in [-0.3, -0.25) is 4.79 Å². The van der Waals surface area contributed by atoms with Crippen LogP contribution in [-0.2, 0) is 12.1 Å². The van der Waals surface area contributed by atoms with Crippen molar-refractivity contribution in [1.29, 1.82) is 0 Å². The molecule has 5 rings (SSSR count). The number of aliphatic hydroxyl groups excluding tert-OH is 1. The zero-order valence-electron chi connectivity index (χ0n) is 17.2. The van der Waals surface area contributed by atoms with Crippen molar-refractivity contribution in [3.8, 4) is 11.4 Å². The lowest BCUT2D eigenvalue weighted by Gasteiger charge is -2.27. The molecule has 168 valence electrons. The van der Waals surface area contributed by atoms with Crippen LogP contribution in [0.4, 0.5) is 25.1 Å².